The highest BCUT2D eigenvalue weighted by Gasteiger charge is 2.27. The summed E-state index contributed by atoms with van der Waals surface area (Å²) < 4.78 is 0. The standard InChI is InChI=1S/C18H36N2/c1-4-7-16-9-11-18(12-10-16)19-15(3)17-8-6-13-20(5-2)14-17/h15-19H,4-14H2,1-3H3. The first-order chi connectivity index (χ1) is 9.72. The molecule has 1 aliphatic carbocycles. The van der Waals surface area contributed by atoms with Gasteiger partial charge in [-0.25, -0.2) is 0 Å². The molecule has 1 N–H and O–H groups in total. The predicted molar refractivity (Wildman–Crippen MR) is 88.1 cm³/mol. The Morgan fingerprint density at radius 1 is 1.10 bits per heavy atom. The van der Waals surface area contributed by atoms with E-state index in [0.717, 1.165) is 17.9 Å². The molecule has 0 radical (unpaired) electrons. The topological polar surface area (TPSA) is 15.3 Å². The Labute approximate surface area is 126 Å². The van der Waals surface area contributed by atoms with Crippen molar-refractivity contribution in [2.75, 3.05) is 19.6 Å². The van der Waals surface area contributed by atoms with Gasteiger partial charge in [-0.1, -0.05) is 26.7 Å². The molecule has 2 nitrogen and oxygen atoms in total. The molecule has 2 rings (SSSR count). The molecule has 2 fully saturated rings. The SMILES string of the molecule is CCCC1CCC(NC(C)C2CCCN(CC)C2)CC1. The molecular weight excluding hydrogens is 244 g/mol. The Hall–Kier alpha value is -0.0800. The fourth-order valence-electron chi connectivity index (χ4n) is 4.32. The van der Waals surface area contributed by atoms with Crippen molar-refractivity contribution >= 4 is 0 Å². The van der Waals surface area contributed by atoms with E-state index < -0.39 is 0 Å². The Balaban J connectivity index is 1.70. The van der Waals surface area contributed by atoms with Gasteiger partial charge in [0, 0.05) is 18.6 Å². The zero-order valence-corrected chi connectivity index (χ0v) is 14.0. The zero-order valence-electron chi connectivity index (χ0n) is 14.0. The second-order valence-corrected chi connectivity index (χ2v) is 7.26. The number of rotatable bonds is 6. The first-order valence-corrected chi connectivity index (χ1v) is 9.21. The number of hydrogen-bond donors (Lipinski definition) is 1. The minimum atomic E-state index is 0.706. The van der Waals surface area contributed by atoms with Crippen LogP contribution in [0.1, 0.15) is 72.1 Å². The smallest absolute Gasteiger partial charge is 0.00818 e. The van der Waals surface area contributed by atoms with Gasteiger partial charge in [0.1, 0.15) is 0 Å². The summed E-state index contributed by atoms with van der Waals surface area (Å²) in [5.41, 5.74) is 0. The summed E-state index contributed by atoms with van der Waals surface area (Å²) in [6.45, 7) is 10.9. The molecule has 20 heavy (non-hydrogen) atoms. The third kappa shape index (κ3) is 4.73. The Morgan fingerprint density at radius 3 is 2.50 bits per heavy atom. The summed E-state index contributed by atoms with van der Waals surface area (Å²) in [7, 11) is 0. The summed E-state index contributed by atoms with van der Waals surface area (Å²) in [6, 6.07) is 1.51. The van der Waals surface area contributed by atoms with Crippen molar-refractivity contribution in [3.63, 3.8) is 0 Å². The van der Waals surface area contributed by atoms with Gasteiger partial charge in [-0.3, -0.25) is 0 Å². The number of likely N-dealkylation sites (tertiary alicyclic amines) is 1. The van der Waals surface area contributed by atoms with Gasteiger partial charge < -0.3 is 10.2 Å². The molecule has 0 amide bonds. The van der Waals surface area contributed by atoms with E-state index in [0.29, 0.717) is 6.04 Å². The van der Waals surface area contributed by atoms with Gasteiger partial charge in [0.15, 0.2) is 0 Å². The molecule has 1 saturated carbocycles. The minimum absolute atomic E-state index is 0.706. The number of piperidine rings is 1. The van der Waals surface area contributed by atoms with Gasteiger partial charge in [0.2, 0.25) is 0 Å². The molecule has 0 aromatic heterocycles. The quantitative estimate of drug-likeness (QED) is 0.789. The average Bonchev–Trinajstić information content (AvgIpc) is 2.49. The molecule has 0 spiro atoms. The summed E-state index contributed by atoms with van der Waals surface area (Å²) in [5, 5.41) is 3.97. The zero-order chi connectivity index (χ0) is 14.4. The highest BCUT2D eigenvalue weighted by molar-refractivity contribution is 4.84. The van der Waals surface area contributed by atoms with Crippen LogP contribution in [0.25, 0.3) is 0 Å². The van der Waals surface area contributed by atoms with Crippen molar-refractivity contribution in [2.24, 2.45) is 11.8 Å². The summed E-state index contributed by atoms with van der Waals surface area (Å²) in [6.07, 6.45) is 11.4. The van der Waals surface area contributed by atoms with Gasteiger partial charge in [0.05, 0.1) is 0 Å². The summed E-state index contributed by atoms with van der Waals surface area (Å²) in [4.78, 5) is 2.63. The van der Waals surface area contributed by atoms with Gasteiger partial charge in [0.25, 0.3) is 0 Å². The number of hydrogen-bond acceptors (Lipinski definition) is 2. The Bertz CT molecular complexity index is 258. The van der Waals surface area contributed by atoms with Crippen LogP contribution in [0.15, 0.2) is 0 Å². The highest BCUT2D eigenvalue weighted by atomic mass is 15.1. The molecule has 0 aromatic rings. The maximum absolute atomic E-state index is 3.97. The van der Waals surface area contributed by atoms with Crippen LogP contribution in [0.5, 0.6) is 0 Å². The number of nitrogens with zero attached hydrogens (tertiary/aromatic N) is 1. The summed E-state index contributed by atoms with van der Waals surface area (Å²) in [5.74, 6) is 1.90. The number of nitrogens with one attached hydrogen (secondary N) is 1. The van der Waals surface area contributed by atoms with Crippen LogP contribution >= 0.6 is 0 Å². The van der Waals surface area contributed by atoms with E-state index in [-0.39, 0.29) is 0 Å². The van der Waals surface area contributed by atoms with Crippen molar-refractivity contribution in [1.29, 1.82) is 0 Å². The Morgan fingerprint density at radius 2 is 1.85 bits per heavy atom. The monoisotopic (exact) mass is 280 g/mol. The normalized spacial score (nSPS) is 34.0. The van der Waals surface area contributed by atoms with E-state index in [1.807, 2.05) is 0 Å². The van der Waals surface area contributed by atoms with Crippen molar-refractivity contribution in [2.45, 2.75) is 84.2 Å². The van der Waals surface area contributed by atoms with Crippen LogP contribution in [-0.2, 0) is 0 Å². The molecule has 2 aliphatic rings. The molecule has 2 atom stereocenters. The van der Waals surface area contributed by atoms with E-state index in [1.54, 1.807) is 0 Å². The van der Waals surface area contributed by atoms with Gasteiger partial charge in [-0.05, 0) is 70.4 Å². The van der Waals surface area contributed by atoms with Crippen molar-refractivity contribution in [1.82, 2.24) is 10.2 Å². The van der Waals surface area contributed by atoms with E-state index in [1.165, 1.54) is 71.0 Å². The van der Waals surface area contributed by atoms with Crippen molar-refractivity contribution in [3.8, 4) is 0 Å². The maximum atomic E-state index is 3.97. The second kappa shape index (κ2) is 8.38. The molecule has 118 valence electrons. The molecule has 2 heteroatoms. The lowest BCUT2D eigenvalue weighted by Crippen LogP contribution is -2.48. The summed E-state index contributed by atoms with van der Waals surface area (Å²) >= 11 is 0. The molecule has 1 saturated heterocycles. The first-order valence-electron chi connectivity index (χ1n) is 9.21. The van der Waals surface area contributed by atoms with Crippen LogP contribution in [0, 0.1) is 11.8 Å². The third-order valence-corrected chi connectivity index (χ3v) is 5.74. The molecule has 1 heterocycles. The molecule has 0 aromatic carbocycles. The van der Waals surface area contributed by atoms with Gasteiger partial charge in [-0.15, -0.1) is 0 Å². The molecule has 2 unspecified atom stereocenters. The fourth-order valence-corrected chi connectivity index (χ4v) is 4.32. The largest absolute Gasteiger partial charge is 0.311 e. The second-order valence-electron chi connectivity index (χ2n) is 7.26. The van der Waals surface area contributed by atoms with E-state index in [2.05, 4.69) is 31.0 Å². The van der Waals surface area contributed by atoms with Crippen LogP contribution in [0.3, 0.4) is 0 Å². The maximum Gasteiger partial charge on any atom is 0.00818 e. The Kier molecular flexibility index (Phi) is 6.83. The molecule has 0 bridgehead atoms. The van der Waals surface area contributed by atoms with Crippen LogP contribution < -0.4 is 5.32 Å². The van der Waals surface area contributed by atoms with E-state index >= 15 is 0 Å². The van der Waals surface area contributed by atoms with E-state index in [9.17, 15) is 0 Å². The third-order valence-electron chi connectivity index (χ3n) is 5.74. The predicted octanol–water partition coefficient (Wildman–Crippen LogP) is 4.06. The van der Waals surface area contributed by atoms with Gasteiger partial charge >= 0.3 is 0 Å². The van der Waals surface area contributed by atoms with Crippen molar-refractivity contribution < 1.29 is 0 Å². The average molecular weight is 280 g/mol. The van der Waals surface area contributed by atoms with Gasteiger partial charge in [-0.2, -0.15) is 0 Å². The highest BCUT2D eigenvalue weighted by Crippen LogP contribution is 2.29. The lowest BCUT2D eigenvalue weighted by Gasteiger charge is -2.38. The molecular formula is C18H36N2. The fraction of sp³-hybridized carbons (Fsp3) is 1.00. The first kappa shape index (κ1) is 16.3. The minimum Gasteiger partial charge on any atom is -0.311 e. The van der Waals surface area contributed by atoms with Crippen LogP contribution in [0.2, 0.25) is 0 Å². The van der Waals surface area contributed by atoms with Crippen LogP contribution in [-0.4, -0.2) is 36.6 Å². The van der Waals surface area contributed by atoms with Crippen LogP contribution in [0.4, 0.5) is 0 Å². The molecule has 1 aliphatic heterocycles. The van der Waals surface area contributed by atoms with Crippen molar-refractivity contribution in [3.05, 3.63) is 0 Å². The van der Waals surface area contributed by atoms with E-state index in [4.69, 9.17) is 0 Å². The lowest BCUT2D eigenvalue weighted by atomic mass is 9.82. The lowest BCUT2D eigenvalue weighted by molar-refractivity contribution is 0.145.